The first-order valence-corrected chi connectivity index (χ1v) is 6.58. The number of β-amino-alcohol motifs (C(OH)–C–C–N with tert-alkyl or cyclic N) is 1. The molecule has 21 heavy (non-hydrogen) atoms. The van der Waals surface area contributed by atoms with Crippen molar-refractivity contribution in [1.29, 1.82) is 0 Å². The van der Waals surface area contributed by atoms with Gasteiger partial charge in [-0.05, 0) is 25.0 Å². The van der Waals surface area contributed by atoms with Crippen LogP contribution in [0.3, 0.4) is 0 Å². The summed E-state index contributed by atoms with van der Waals surface area (Å²) in [6, 6.07) is 1.40. The number of hydrogen-bond acceptors (Lipinski definition) is 3. The lowest BCUT2D eigenvalue weighted by Crippen LogP contribution is -2.57. The van der Waals surface area contributed by atoms with E-state index >= 15 is 0 Å². The smallest absolute Gasteiger partial charge is 0.257 e. The molecule has 0 aromatic heterocycles. The van der Waals surface area contributed by atoms with Crippen LogP contribution in [0.2, 0.25) is 5.02 Å². The normalized spacial score (nSPS) is 22.2. The monoisotopic (exact) mass is 318 g/mol. The number of primary amides is 1. The highest BCUT2D eigenvalue weighted by molar-refractivity contribution is 6.30. The van der Waals surface area contributed by atoms with E-state index in [2.05, 4.69) is 0 Å². The second-order valence-corrected chi connectivity index (χ2v) is 5.38. The molecule has 114 valence electrons. The Bertz CT molecular complexity index is 611. The van der Waals surface area contributed by atoms with Crippen molar-refractivity contribution in [2.45, 2.75) is 18.4 Å². The second-order valence-electron chi connectivity index (χ2n) is 4.97. The van der Waals surface area contributed by atoms with Gasteiger partial charge < -0.3 is 15.7 Å². The van der Waals surface area contributed by atoms with Gasteiger partial charge in [-0.2, -0.15) is 0 Å². The maximum absolute atomic E-state index is 13.7. The Hall–Kier alpha value is -1.73. The molecular weight excluding hydrogens is 306 g/mol. The number of nitrogens with zero attached hydrogens (tertiary/aromatic N) is 1. The lowest BCUT2D eigenvalue weighted by Gasteiger charge is -2.37. The maximum Gasteiger partial charge on any atom is 0.257 e. The van der Waals surface area contributed by atoms with Gasteiger partial charge in [-0.1, -0.05) is 11.6 Å². The van der Waals surface area contributed by atoms with Crippen molar-refractivity contribution in [1.82, 2.24) is 4.90 Å². The first kappa shape index (κ1) is 15.7. The number of amides is 2. The van der Waals surface area contributed by atoms with Crippen LogP contribution < -0.4 is 5.73 Å². The summed E-state index contributed by atoms with van der Waals surface area (Å²) in [5.41, 5.74) is 2.74. The first-order valence-electron chi connectivity index (χ1n) is 6.21. The number of nitrogens with two attached hydrogens (primary N) is 1. The molecule has 3 N–H and O–H groups in total. The van der Waals surface area contributed by atoms with Gasteiger partial charge in [0.1, 0.15) is 11.6 Å². The molecule has 5 nitrogen and oxygen atoms in total. The molecule has 1 saturated heterocycles. The van der Waals surface area contributed by atoms with Gasteiger partial charge in [-0.15, -0.1) is 0 Å². The zero-order chi connectivity index (χ0) is 15.8. The second kappa shape index (κ2) is 5.57. The van der Waals surface area contributed by atoms with Gasteiger partial charge in [0, 0.05) is 6.54 Å². The van der Waals surface area contributed by atoms with Gasteiger partial charge in [0.25, 0.3) is 11.8 Å². The first-order chi connectivity index (χ1) is 9.74. The number of aliphatic hydroxyl groups is 1. The Balaban J connectivity index is 2.28. The fourth-order valence-electron chi connectivity index (χ4n) is 2.27. The quantitative estimate of drug-likeness (QED) is 0.800. The zero-order valence-corrected chi connectivity index (χ0v) is 11.7. The minimum absolute atomic E-state index is 0.115. The van der Waals surface area contributed by atoms with Gasteiger partial charge >= 0.3 is 0 Å². The average Bonchev–Trinajstić information content (AvgIpc) is 2.42. The van der Waals surface area contributed by atoms with Crippen molar-refractivity contribution < 1.29 is 23.5 Å². The Kier molecular flexibility index (Phi) is 4.15. The average molecular weight is 319 g/mol. The van der Waals surface area contributed by atoms with Crippen LogP contribution in [-0.4, -0.2) is 40.5 Å². The number of rotatable bonds is 2. The highest BCUT2D eigenvalue weighted by atomic mass is 35.5. The summed E-state index contributed by atoms with van der Waals surface area (Å²) in [4.78, 5) is 24.5. The molecule has 0 spiro atoms. The number of halogens is 3. The Morgan fingerprint density at radius 3 is 2.62 bits per heavy atom. The topological polar surface area (TPSA) is 83.6 Å². The predicted octanol–water partition coefficient (Wildman–Crippen LogP) is 1.07. The summed E-state index contributed by atoms with van der Waals surface area (Å²) in [6.45, 7) is -0.150. The molecule has 0 saturated carbocycles. The zero-order valence-electron chi connectivity index (χ0n) is 10.9. The van der Waals surface area contributed by atoms with Crippen LogP contribution >= 0.6 is 11.6 Å². The third-order valence-electron chi connectivity index (χ3n) is 3.46. The summed E-state index contributed by atoms with van der Waals surface area (Å²) in [6.07, 6.45) is 0.437. The number of carbonyl (C=O) groups is 2. The summed E-state index contributed by atoms with van der Waals surface area (Å²) in [5.74, 6) is -3.69. The lowest BCUT2D eigenvalue weighted by atomic mass is 9.92. The van der Waals surface area contributed by atoms with E-state index in [9.17, 15) is 23.5 Å². The molecule has 1 aromatic carbocycles. The molecule has 2 rings (SSSR count). The summed E-state index contributed by atoms with van der Waals surface area (Å²) in [5, 5.41) is 9.59. The number of carbonyl (C=O) groups excluding carboxylic acids is 2. The van der Waals surface area contributed by atoms with Crippen molar-refractivity contribution in [2.24, 2.45) is 5.73 Å². The van der Waals surface area contributed by atoms with E-state index in [1.165, 1.54) is 0 Å². The van der Waals surface area contributed by atoms with Crippen LogP contribution in [0.4, 0.5) is 8.78 Å². The highest BCUT2D eigenvalue weighted by Gasteiger charge is 2.40. The van der Waals surface area contributed by atoms with Crippen LogP contribution in [0.1, 0.15) is 23.2 Å². The van der Waals surface area contributed by atoms with Crippen molar-refractivity contribution in [2.75, 3.05) is 13.1 Å². The van der Waals surface area contributed by atoms with Crippen LogP contribution in [0.25, 0.3) is 0 Å². The van der Waals surface area contributed by atoms with E-state index in [1.54, 1.807) is 0 Å². The molecule has 1 aromatic rings. The van der Waals surface area contributed by atoms with Crippen LogP contribution in [0.15, 0.2) is 12.1 Å². The van der Waals surface area contributed by atoms with E-state index in [4.69, 9.17) is 17.3 Å². The van der Waals surface area contributed by atoms with Gasteiger partial charge in [-0.3, -0.25) is 9.59 Å². The molecule has 8 heteroatoms. The largest absolute Gasteiger partial charge is 0.378 e. The molecule has 0 radical (unpaired) electrons. The minimum Gasteiger partial charge on any atom is -0.378 e. The van der Waals surface area contributed by atoms with Crippen molar-refractivity contribution in [3.05, 3.63) is 34.4 Å². The highest BCUT2D eigenvalue weighted by Crippen LogP contribution is 2.25. The Morgan fingerprint density at radius 2 is 2.00 bits per heavy atom. The SMILES string of the molecule is NC(=O)C1(O)CCCN(C(=O)c2cc(F)c(Cl)cc2F)C1. The minimum atomic E-state index is -1.85. The van der Waals surface area contributed by atoms with Crippen molar-refractivity contribution >= 4 is 23.4 Å². The Labute approximate surface area is 124 Å². The summed E-state index contributed by atoms with van der Waals surface area (Å²) in [7, 11) is 0. The van der Waals surface area contributed by atoms with E-state index in [0.29, 0.717) is 18.6 Å². The third kappa shape index (κ3) is 2.98. The molecule has 2 amide bonds. The summed E-state index contributed by atoms with van der Waals surface area (Å²) < 4.78 is 27.1. The fourth-order valence-corrected chi connectivity index (χ4v) is 2.42. The van der Waals surface area contributed by atoms with E-state index in [0.717, 1.165) is 4.90 Å². The third-order valence-corrected chi connectivity index (χ3v) is 3.75. The molecule has 1 heterocycles. The van der Waals surface area contributed by atoms with Crippen molar-refractivity contribution in [3.63, 3.8) is 0 Å². The number of hydrogen-bond donors (Lipinski definition) is 2. The van der Waals surface area contributed by atoms with Gasteiger partial charge in [0.15, 0.2) is 5.60 Å². The standard InChI is InChI=1S/C13H13ClF2N2O3/c14-8-5-9(15)7(4-10(8)16)11(19)18-3-1-2-13(21,6-18)12(17)20/h4-5,21H,1-3,6H2,(H2,17,20). The molecule has 1 atom stereocenters. The molecular formula is C13H13ClF2N2O3. The summed E-state index contributed by atoms with van der Waals surface area (Å²) >= 11 is 5.42. The number of piperidine rings is 1. The fraction of sp³-hybridized carbons (Fsp3) is 0.385. The number of benzene rings is 1. The van der Waals surface area contributed by atoms with Crippen molar-refractivity contribution in [3.8, 4) is 0 Å². The van der Waals surface area contributed by atoms with Crippen LogP contribution in [0, 0.1) is 11.6 Å². The van der Waals surface area contributed by atoms with Gasteiger partial charge in [0.05, 0.1) is 17.1 Å². The van der Waals surface area contributed by atoms with Crippen LogP contribution in [-0.2, 0) is 4.79 Å². The lowest BCUT2D eigenvalue weighted by molar-refractivity contribution is -0.140. The maximum atomic E-state index is 13.7. The molecule has 1 unspecified atom stereocenters. The molecule has 1 fully saturated rings. The van der Waals surface area contributed by atoms with Gasteiger partial charge in [-0.25, -0.2) is 8.78 Å². The molecule has 0 bridgehead atoms. The van der Waals surface area contributed by atoms with Gasteiger partial charge in [0.2, 0.25) is 0 Å². The van der Waals surface area contributed by atoms with E-state index in [-0.39, 0.29) is 19.5 Å². The van der Waals surface area contributed by atoms with Crippen LogP contribution in [0.5, 0.6) is 0 Å². The van der Waals surface area contributed by atoms with E-state index in [1.807, 2.05) is 0 Å². The molecule has 0 aliphatic carbocycles. The molecule has 1 aliphatic rings. The van der Waals surface area contributed by atoms with E-state index < -0.39 is 39.6 Å². The molecule has 1 aliphatic heterocycles. The number of likely N-dealkylation sites (tertiary alicyclic amines) is 1. The predicted molar refractivity (Wildman–Crippen MR) is 70.6 cm³/mol. The Morgan fingerprint density at radius 1 is 1.33 bits per heavy atom.